The molecule has 4 aliphatic rings. The number of likely N-dealkylation sites (tertiary alicyclic amines) is 1. The smallest absolute Gasteiger partial charge is 0.249 e. The van der Waals surface area contributed by atoms with Gasteiger partial charge in [0.2, 0.25) is 17.7 Å². The molecular formula is C32H43N3O5. The number of hydrogen-bond acceptors (Lipinski definition) is 5. The van der Waals surface area contributed by atoms with Crippen LogP contribution < -0.4 is 0 Å². The molecule has 216 valence electrons. The highest BCUT2D eigenvalue weighted by Crippen LogP contribution is 2.59. The topological polar surface area (TPSA) is 90.4 Å². The molecule has 4 aliphatic heterocycles. The Balaban J connectivity index is 1.68. The average molecular weight is 550 g/mol. The number of ether oxygens (including phenoxy) is 1. The summed E-state index contributed by atoms with van der Waals surface area (Å²) in [4.78, 5) is 48.7. The van der Waals surface area contributed by atoms with Gasteiger partial charge in [0.1, 0.15) is 11.6 Å². The molecule has 6 atom stereocenters. The van der Waals surface area contributed by atoms with Gasteiger partial charge in [0.15, 0.2) is 0 Å². The Kier molecular flexibility index (Phi) is 7.46. The highest BCUT2D eigenvalue weighted by molar-refractivity contribution is 6.00. The number of aliphatic hydroxyl groups excluding tert-OH is 1. The molecule has 3 amide bonds. The van der Waals surface area contributed by atoms with Crippen molar-refractivity contribution in [3.8, 4) is 0 Å². The Bertz CT molecular complexity index is 1210. The lowest BCUT2D eigenvalue weighted by atomic mass is 9.73. The van der Waals surface area contributed by atoms with Crippen molar-refractivity contribution in [2.45, 2.75) is 82.7 Å². The number of nitrogens with zero attached hydrogens (tertiary/aromatic N) is 3. The van der Waals surface area contributed by atoms with Gasteiger partial charge in [0.25, 0.3) is 0 Å². The first-order chi connectivity index (χ1) is 19.0. The molecule has 0 aliphatic carbocycles. The second kappa shape index (κ2) is 10.5. The Morgan fingerprint density at radius 1 is 0.975 bits per heavy atom. The highest BCUT2D eigenvalue weighted by Gasteiger charge is 2.76. The lowest BCUT2D eigenvalue weighted by molar-refractivity contribution is -0.159. The number of carbonyl (C=O) groups excluding carboxylic acids is 3. The number of rotatable bonds is 7. The van der Waals surface area contributed by atoms with E-state index in [1.807, 2.05) is 94.2 Å². The number of benzene rings is 1. The molecule has 0 bridgehead atoms. The number of fused-ring (bicyclic) bond motifs is 2. The van der Waals surface area contributed by atoms with Gasteiger partial charge in [-0.2, -0.15) is 0 Å². The maximum Gasteiger partial charge on any atom is 0.249 e. The van der Waals surface area contributed by atoms with Crippen molar-refractivity contribution in [3.05, 3.63) is 60.2 Å². The van der Waals surface area contributed by atoms with Gasteiger partial charge in [0, 0.05) is 25.2 Å². The summed E-state index contributed by atoms with van der Waals surface area (Å²) in [6.07, 6.45) is 9.42. The molecule has 2 saturated heterocycles. The van der Waals surface area contributed by atoms with Crippen molar-refractivity contribution in [3.63, 3.8) is 0 Å². The normalized spacial score (nSPS) is 32.6. The third kappa shape index (κ3) is 4.31. The largest absolute Gasteiger partial charge is 0.394 e. The molecule has 0 saturated carbocycles. The Morgan fingerprint density at radius 2 is 1.68 bits per heavy atom. The van der Waals surface area contributed by atoms with Crippen molar-refractivity contribution in [2.24, 2.45) is 11.8 Å². The standard InChI is InChI=1S/C32H43N3O5/c1-6-17-33-18-11-15-31(7-2)24(27(33)37)25-28(38)35(23(21-36)20-22-13-9-8-10-14-22)26-29(39)34(30(3,4)5)19-12-16-32(25,26)40-31/h8-16,23-26,36H,6-7,17-21H2,1-5H3/t23-,24+,25+,26?,31-,32+/m1/s1. The molecule has 1 aromatic rings. The Morgan fingerprint density at radius 3 is 2.30 bits per heavy atom. The molecule has 1 unspecified atom stereocenters. The number of aliphatic hydroxyl groups is 1. The summed E-state index contributed by atoms with van der Waals surface area (Å²) in [5, 5.41) is 10.7. The number of hydrogen-bond donors (Lipinski definition) is 1. The van der Waals surface area contributed by atoms with Gasteiger partial charge < -0.3 is 24.5 Å². The molecule has 1 aromatic carbocycles. The van der Waals surface area contributed by atoms with Crippen LogP contribution in [0, 0.1) is 11.8 Å². The maximum atomic E-state index is 14.7. The minimum atomic E-state index is -1.33. The SMILES string of the molecule is CCCN1CC=C[C@@]2(CC)O[C@]34C=CCN(C(C)(C)C)C(=O)C3N([C@@H](CO)Cc3ccccc3)C(=O)[C@@H]4[C@H]2C1=O. The number of amides is 3. The molecule has 40 heavy (non-hydrogen) atoms. The Labute approximate surface area is 237 Å². The fraction of sp³-hybridized carbons (Fsp3) is 0.594. The van der Waals surface area contributed by atoms with E-state index < -0.39 is 40.7 Å². The lowest BCUT2D eigenvalue weighted by Crippen LogP contribution is -2.61. The molecule has 2 fully saturated rings. The van der Waals surface area contributed by atoms with Crippen LogP contribution >= 0.6 is 0 Å². The van der Waals surface area contributed by atoms with Crippen LogP contribution in [0.1, 0.15) is 53.0 Å². The molecule has 1 spiro atoms. The van der Waals surface area contributed by atoms with Gasteiger partial charge in [0.05, 0.1) is 30.1 Å². The molecule has 0 aromatic heterocycles. The van der Waals surface area contributed by atoms with E-state index in [1.165, 1.54) is 0 Å². The van der Waals surface area contributed by atoms with Crippen molar-refractivity contribution in [1.29, 1.82) is 0 Å². The molecule has 5 rings (SSSR count). The predicted octanol–water partition coefficient (Wildman–Crippen LogP) is 2.96. The van der Waals surface area contributed by atoms with E-state index in [0.717, 1.165) is 12.0 Å². The van der Waals surface area contributed by atoms with Crippen LogP contribution in [0.2, 0.25) is 0 Å². The van der Waals surface area contributed by atoms with Gasteiger partial charge in [-0.3, -0.25) is 14.4 Å². The van der Waals surface area contributed by atoms with E-state index in [-0.39, 0.29) is 24.3 Å². The van der Waals surface area contributed by atoms with Gasteiger partial charge >= 0.3 is 0 Å². The average Bonchev–Trinajstić information content (AvgIpc) is 3.22. The van der Waals surface area contributed by atoms with Crippen molar-refractivity contribution < 1.29 is 24.2 Å². The van der Waals surface area contributed by atoms with Crippen molar-refractivity contribution in [2.75, 3.05) is 26.2 Å². The highest BCUT2D eigenvalue weighted by atomic mass is 16.5. The molecule has 8 nitrogen and oxygen atoms in total. The summed E-state index contributed by atoms with van der Waals surface area (Å²) >= 11 is 0. The van der Waals surface area contributed by atoms with Gasteiger partial charge in [-0.1, -0.05) is 68.5 Å². The van der Waals surface area contributed by atoms with Crippen LogP contribution in [-0.2, 0) is 25.5 Å². The van der Waals surface area contributed by atoms with E-state index in [9.17, 15) is 19.5 Å². The second-order valence-electron chi connectivity index (χ2n) is 12.6. The third-order valence-electron chi connectivity index (χ3n) is 9.18. The minimum Gasteiger partial charge on any atom is -0.394 e. The summed E-state index contributed by atoms with van der Waals surface area (Å²) in [7, 11) is 0. The van der Waals surface area contributed by atoms with Crippen molar-refractivity contribution in [1.82, 2.24) is 14.7 Å². The summed E-state index contributed by atoms with van der Waals surface area (Å²) in [6.45, 7) is 11.0. The van der Waals surface area contributed by atoms with E-state index in [4.69, 9.17) is 4.74 Å². The summed E-state index contributed by atoms with van der Waals surface area (Å²) in [5.41, 5.74) is -1.88. The van der Waals surface area contributed by atoms with E-state index in [1.54, 1.807) is 9.80 Å². The van der Waals surface area contributed by atoms with E-state index >= 15 is 0 Å². The quantitative estimate of drug-likeness (QED) is 0.529. The third-order valence-corrected chi connectivity index (χ3v) is 9.18. The molecule has 0 radical (unpaired) electrons. The molecule has 1 N–H and O–H groups in total. The lowest BCUT2D eigenvalue weighted by Gasteiger charge is -2.43. The zero-order valence-electron chi connectivity index (χ0n) is 24.4. The van der Waals surface area contributed by atoms with E-state index in [0.29, 0.717) is 32.5 Å². The Hall–Kier alpha value is -2.97. The fourth-order valence-electron chi connectivity index (χ4n) is 7.36. The fourth-order valence-corrected chi connectivity index (χ4v) is 7.36. The first-order valence-corrected chi connectivity index (χ1v) is 14.7. The first-order valence-electron chi connectivity index (χ1n) is 14.7. The van der Waals surface area contributed by atoms with Gasteiger partial charge in [-0.15, -0.1) is 0 Å². The van der Waals surface area contributed by atoms with Crippen LogP contribution in [0.25, 0.3) is 0 Å². The maximum absolute atomic E-state index is 14.7. The summed E-state index contributed by atoms with van der Waals surface area (Å²) in [5.74, 6) is -2.26. The van der Waals surface area contributed by atoms with Crippen LogP contribution in [0.5, 0.6) is 0 Å². The molecule has 4 heterocycles. The predicted molar refractivity (Wildman–Crippen MR) is 152 cm³/mol. The minimum absolute atomic E-state index is 0.106. The van der Waals surface area contributed by atoms with Gasteiger partial charge in [-0.25, -0.2) is 0 Å². The van der Waals surface area contributed by atoms with Crippen LogP contribution in [0.15, 0.2) is 54.6 Å². The van der Waals surface area contributed by atoms with Crippen LogP contribution in [0.3, 0.4) is 0 Å². The van der Waals surface area contributed by atoms with Gasteiger partial charge in [-0.05, 0) is 45.6 Å². The monoisotopic (exact) mass is 549 g/mol. The number of carbonyl (C=O) groups is 3. The molecular weight excluding hydrogens is 506 g/mol. The second-order valence-corrected chi connectivity index (χ2v) is 12.6. The van der Waals surface area contributed by atoms with Crippen LogP contribution in [-0.4, -0.2) is 92.6 Å². The zero-order chi connectivity index (χ0) is 28.9. The zero-order valence-corrected chi connectivity index (χ0v) is 24.4. The van der Waals surface area contributed by atoms with E-state index in [2.05, 4.69) is 0 Å². The first kappa shape index (κ1) is 28.6. The van der Waals surface area contributed by atoms with Crippen molar-refractivity contribution >= 4 is 17.7 Å². The van der Waals surface area contributed by atoms with Crippen LogP contribution in [0.4, 0.5) is 0 Å². The molecule has 8 heteroatoms. The summed E-state index contributed by atoms with van der Waals surface area (Å²) in [6, 6.07) is 8.02. The summed E-state index contributed by atoms with van der Waals surface area (Å²) < 4.78 is 7.04.